The number of aromatic nitrogens is 2. The molecule has 4 aromatic rings. The third-order valence-corrected chi connectivity index (χ3v) is 5.91. The van der Waals surface area contributed by atoms with E-state index >= 15 is 0 Å². The van der Waals surface area contributed by atoms with Crippen LogP contribution in [-0.2, 0) is 16.0 Å². The van der Waals surface area contributed by atoms with Crippen molar-refractivity contribution in [3.05, 3.63) is 90.0 Å². The van der Waals surface area contributed by atoms with Crippen molar-refractivity contribution in [2.45, 2.75) is 33.1 Å². The summed E-state index contributed by atoms with van der Waals surface area (Å²) in [7, 11) is 1.48. The van der Waals surface area contributed by atoms with Crippen molar-refractivity contribution >= 4 is 34.1 Å². The van der Waals surface area contributed by atoms with Crippen LogP contribution in [0.25, 0.3) is 10.9 Å². The van der Waals surface area contributed by atoms with Crippen molar-refractivity contribution in [2.24, 2.45) is 0 Å². The van der Waals surface area contributed by atoms with Gasteiger partial charge in [0.15, 0.2) is 11.6 Å². The third kappa shape index (κ3) is 7.16. The summed E-state index contributed by atoms with van der Waals surface area (Å²) in [4.78, 5) is 32.8. The molecule has 0 saturated heterocycles. The van der Waals surface area contributed by atoms with Gasteiger partial charge in [-0.15, -0.1) is 0 Å². The molecule has 2 amide bonds. The summed E-state index contributed by atoms with van der Waals surface area (Å²) in [6.45, 7) is 3.76. The number of fused-ring (bicyclic) bond motifs is 1. The standard InChI is InChI=1S/C30H29FN4O4/c1-4-6-28(36)35-25-16-22-24(17-27(25)38-3)32-18-33-30(22)39-26-14-13-21(15-23(26)31)34-29(37)8-5-7-20-11-9-19(2)10-12-20/h4,6,9-18H,5,7-8H2,1-3H3,(H,34,37)(H,35,36)/b6-4+. The van der Waals surface area contributed by atoms with E-state index in [2.05, 4.69) is 32.7 Å². The molecule has 0 unspecified atom stereocenters. The van der Waals surface area contributed by atoms with Gasteiger partial charge in [-0.05, 0) is 56.5 Å². The van der Waals surface area contributed by atoms with E-state index in [-0.39, 0.29) is 23.4 Å². The van der Waals surface area contributed by atoms with Crippen molar-refractivity contribution in [3.8, 4) is 17.4 Å². The summed E-state index contributed by atoms with van der Waals surface area (Å²) < 4.78 is 26.1. The Hall–Kier alpha value is -4.79. The largest absolute Gasteiger partial charge is 0.494 e. The molecule has 0 saturated carbocycles. The van der Waals surface area contributed by atoms with Gasteiger partial charge in [0.2, 0.25) is 17.7 Å². The lowest BCUT2D eigenvalue weighted by Crippen LogP contribution is -2.11. The van der Waals surface area contributed by atoms with Crippen LogP contribution >= 0.6 is 0 Å². The number of carbonyl (C=O) groups excluding carboxylic acids is 2. The highest BCUT2D eigenvalue weighted by atomic mass is 19.1. The van der Waals surface area contributed by atoms with E-state index < -0.39 is 5.82 Å². The van der Waals surface area contributed by atoms with Crippen molar-refractivity contribution in [1.82, 2.24) is 9.97 Å². The number of nitrogens with one attached hydrogen (secondary N) is 2. The Kier molecular flexibility index (Phi) is 8.83. The molecule has 0 radical (unpaired) electrons. The number of aryl methyl sites for hydroxylation is 2. The second-order valence-corrected chi connectivity index (χ2v) is 8.87. The number of ether oxygens (including phenoxy) is 2. The quantitative estimate of drug-likeness (QED) is 0.232. The lowest BCUT2D eigenvalue weighted by molar-refractivity contribution is -0.116. The molecule has 200 valence electrons. The number of halogens is 1. The molecule has 0 aliphatic carbocycles. The fourth-order valence-electron chi connectivity index (χ4n) is 3.93. The fraction of sp³-hybridized carbons (Fsp3) is 0.200. The molecule has 9 heteroatoms. The van der Waals surface area contributed by atoms with Crippen molar-refractivity contribution in [2.75, 3.05) is 17.7 Å². The molecule has 0 spiro atoms. The van der Waals surface area contributed by atoms with Crippen LogP contribution in [0.3, 0.4) is 0 Å². The minimum absolute atomic E-state index is 0.0808. The highest BCUT2D eigenvalue weighted by Gasteiger charge is 2.15. The summed E-state index contributed by atoms with van der Waals surface area (Å²) in [6, 6.07) is 15.6. The number of nitrogens with zero attached hydrogens (tertiary/aromatic N) is 2. The van der Waals surface area contributed by atoms with Gasteiger partial charge in [-0.25, -0.2) is 14.4 Å². The van der Waals surface area contributed by atoms with Gasteiger partial charge >= 0.3 is 0 Å². The van der Waals surface area contributed by atoms with Crippen LogP contribution in [0.2, 0.25) is 0 Å². The Morgan fingerprint density at radius 3 is 2.51 bits per heavy atom. The molecule has 39 heavy (non-hydrogen) atoms. The van der Waals surface area contributed by atoms with Crippen LogP contribution in [-0.4, -0.2) is 28.9 Å². The van der Waals surface area contributed by atoms with Gasteiger partial charge in [0.1, 0.15) is 12.1 Å². The smallest absolute Gasteiger partial charge is 0.248 e. The fourth-order valence-corrected chi connectivity index (χ4v) is 3.93. The Morgan fingerprint density at radius 2 is 1.79 bits per heavy atom. The highest BCUT2D eigenvalue weighted by Crippen LogP contribution is 2.35. The first kappa shape index (κ1) is 27.3. The number of allylic oxidation sites excluding steroid dienone is 1. The van der Waals surface area contributed by atoms with Crippen LogP contribution in [0.5, 0.6) is 17.4 Å². The van der Waals surface area contributed by atoms with Crippen molar-refractivity contribution < 1.29 is 23.5 Å². The summed E-state index contributed by atoms with van der Waals surface area (Å²) in [5.41, 5.74) is 3.55. The minimum Gasteiger partial charge on any atom is -0.494 e. The first-order valence-electron chi connectivity index (χ1n) is 12.5. The summed E-state index contributed by atoms with van der Waals surface area (Å²) in [5, 5.41) is 5.90. The van der Waals surface area contributed by atoms with Gasteiger partial charge in [-0.3, -0.25) is 9.59 Å². The molecule has 0 aliphatic rings. The topological polar surface area (TPSA) is 102 Å². The van der Waals surface area contributed by atoms with E-state index in [1.165, 1.54) is 42.8 Å². The van der Waals surface area contributed by atoms with E-state index in [1.807, 2.05) is 19.1 Å². The van der Waals surface area contributed by atoms with Gasteiger partial charge < -0.3 is 20.1 Å². The zero-order valence-electron chi connectivity index (χ0n) is 22.0. The number of amides is 2. The number of hydrogen-bond donors (Lipinski definition) is 2. The number of anilines is 2. The molecule has 2 N–H and O–H groups in total. The van der Waals surface area contributed by atoms with Crippen LogP contribution in [0.4, 0.5) is 15.8 Å². The van der Waals surface area contributed by atoms with Crippen LogP contribution < -0.4 is 20.1 Å². The second kappa shape index (κ2) is 12.6. The zero-order valence-corrected chi connectivity index (χ0v) is 22.0. The molecular formula is C30H29FN4O4. The first-order chi connectivity index (χ1) is 18.9. The maximum Gasteiger partial charge on any atom is 0.248 e. The Balaban J connectivity index is 1.45. The zero-order chi connectivity index (χ0) is 27.8. The monoisotopic (exact) mass is 528 g/mol. The van der Waals surface area contributed by atoms with Crippen LogP contribution in [0.15, 0.2) is 73.1 Å². The SMILES string of the molecule is C/C=C/C(=O)Nc1cc2c(Oc3ccc(NC(=O)CCCc4ccc(C)cc4)cc3F)ncnc2cc1OC. The Labute approximate surface area is 225 Å². The molecule has 0 atom stereocenters. The number of benzene rings is 3. The van der Waals surface area contributed by atoms with Gasteiger partial charge in [-0.1, -0.05) is 35.9 Å². The molecule has 1 heterocycles. The number of carbonyl (C=O) groups is 2. The first-order valence-corrected chi connectivity index (χ1v) is 12.5. The number of hydrogen-bond acceptors (Lipinski definition) is 6. The van der Waals surface area contributed by atoms with E-state index in [0.29, 0.717) is 40.9 Å². The van der Waals surface area contributed by atoms with Crippen LogP contribution in [0.1, 0.15) is 30.9 Å². The van der Waals surface area contributed by atoms with Gasteiger partial charge in [0.05, 0.1) is 23.7 Å². The molecular weight excluding hydrogens is 499 g/mol. The molecule has 0 aliphatic heterocycles. The van der Waals surface area contributed by atoms with E-state index in [1.54, 1.807) is 31.2 Å². The Bertz CT molecular complexity index is 1520. The second-order valence-electron chi connectivity index (χ2n) is 8.87. The predicted octanol–water partition coefficient (Wildman–Crippen LogP) is 6.35. The maximum absolute atomic E-state index is 14.9. The number of rotatable bonds is 10. The molecule has 1 aromatic heterocycles. The summed E-state index contributed by atoms with van der Waals surface area (Å²) >= 11 is 0. The Morgan fingerprint density at radius 1 is 1.00 bits per heavy atom. The summed E-state index contributed by atoms with van der Waals surface area (Å²) in [5.74, 6) is -0.796. The van der Waals surface area contributed by atoms with Gasteiger partial charge in [-0.2, -0.15) is 0 Å². The molecule has 3 aromatic carbocycles. The third-order valence-electron chi connectivity index (χ3n) is 5.91. The average Bonchev–Trinajstić information content (AvgIpc) is 2.91. The lowest BCUT2D eigenvalue weighted by Gasteiger charge is -2.13. The van der Waals surface area contributed by atoms with E-state index in [9.17, 15) is 14.0 Å². The van der Waals surface area contributed by atoms with Crippen molar-refractivity contribution in [1.29, 1.82) is 0 Å². The molecule has 8 nitrogen and oxygen atoms in total. The molecule has 0 fully saturated rings. The normalized spacial score (nSPS) is 11.0. The number of methoxy groups -OCH3 is 1. The summed E-state index contributed by atoms with van der Waals surface area (Å²) in [6.07, 6.45) is 6.06. The van der Waals surface area contributed by atoms with E-state index in [4.69, 9.17) is 9.47 Å². The predicted molar refractivity (Wildman–Crippen MR) is 149 cm³/mol. The van der Waals surface area contributed by atoms with Crippen LogP contribution in [0, 0.1) is 12.7 Å². The van der Waals surface area contributed by atoms with E-state index in [0.717, 1.165) is 6.42 Å². The minimum atomic E-state index is -0.672. The van der Waals surface area contributed by atoms with Gasteiger partial charge in [0, 0.05) is 24.2 Å². The lowest BCUT2D eigenvalue weighted by atomic mass is 10.1. The molecule has 4 rings (SSSR count). The maximum atomic E-state index is 14.9. The average molecular weight is 529 g/mol. The van der Waals surface area contributed by atoms with Gasteiger partial charge in [0.25, 0.3) is 0 Å². The van der Waals surface area contributed by atoms with Crippen molar-refractivity contribution in [3.63, 3.8) is 0 Å². The highest BCUT2D eigenvalue weighted by molar-refractivity contribution is 6.02. The molecule has 0 bridgehead atoms.